The Hall–Kier alpha value is -2.30. The van der Waals surface area contributed by atoms with Gasteiger partial charge in [0.25, 0.3) is 11.8 Å². The lowest BCUT2D eigenvalue weighted by Crippen LogP contribution is -2.35. The predicted molar refractivity (Wildman–Crippen MR) is 91.2 cm³/mol. The number of carbonyl (C=O) groups excluding carboxylic acids is 2. The molecule has 0 atom stereocenters. The smallest absolute Gasteiger partial charge is 0.267 e. The van der Waals surface area contributed by atoms with Crippen LogP contribution in [0.3, 0.4) is 0 Å². The van der Waals surface area contributed by atoms with Crippen molar-refractivity contribution in [3.8, 4) is 0 Å². The quantitative estimate of drug-likeness (QED) is 0.664. The molecule has 2 aromatic rings. The number of hydrogen-bond donors (Lipinski definition) is 1. The molecule has 0 unspecified atom stereocenters. The number of nitrogens with one attached hydrogen (secondary N) is 1. The van der Waals surface area contributed by atoms with Crippen LogP contribution in [0.1, 0.15) is 11.1 Å². The number of hydrazine groups is 1. The van der Waals surface area contributed by atoms with Crippen molar-refractivity contribution >= 4 is 46.8 Å². The molecule has 6 heteroatoms. The summed E-state index contributed by atoms with van der Waals surface area (Å²) in [6.07, 6.45) is 1.46. The number of aryl methyl sites for hydroxylation is 1. The number of hydrogen-bond acceptors (Lipinski definition) is 2. The first-order valence-corrected chi connectivity index (χ1v) is 7.60. The van der Waals surface area contributed by atoms with E-state index in [1.807, 2.05) is 19.1 Å². The Bertz CT molecular complexity index is 829. The van der Waals surface area contributed by atoms with Crippen LogP contribution in [0.2, 0.25) is 10.0 Å². The van der Waals surface area contributed by atoms with Crippen molar-refractivity contribution < 1.29 is 9.59 Å². The van der Waals surface area contributed by atoms with E-state index in [0.717, 1.165) is 5.56 Å². The highest BCUT2D eigenvalue weighted by atomic mass is 35.5. The van der Waals surface area contributed by atoms with Gasteiger partial charge in [-0.3, -0.25) is 15.0 Å². The molecule has 0 saturated carbocycles. The van der Waals surface area contributed by atoms with E-state index >= 15 is 0 Å². The summed E-state index contributed by atoms with van der Waals surface area (Å²) in [6, 6.07) is 12.1. The molecule has 2 amide bonds. The van der Waals surface area contributed by atoms with Crippen LogP contribution >= 0.6 is 23.2 Å². The highest BCUT2D eigenvalue weighted by Crippen LogP contribution is 2.26. The van der Waals surface area contributed by atoms with E-state index in [-0.39, 0.29) is 5.57 Å². The van der Waals surface area contributed by atoms with E-state index < -0.39 is 11.8 Å². The minimum Gasteiger partial charge on any atom is -0.267 e. The molecular weight excluding hydrogens is 335 g/mol. The van der Waals surface area contributed by atoms with Crippen molar-refractivity contribution in [1.82, 2.24) is 5.43 Å². The lowest BCUT2D eigenvalue weighted by atomic mass is 10.1. The normalized spacial score (nSPS) is 16.1. The Morgan fingerprint density at radius 2 is 1.74 bits per heavy atom. The van der Waals surface area contributed by atoms with Crippen molar-refractivity contribution in [3.05, 3.63) is 69.2 Å². The monoisotopic (exact) mass is 346 g/mol. The summed E-state index contributed by atoms with van der Waals surface area (Å²) in [5.41, 5.74) is 4.79. The summed E-state index contributed by atoms with van der Waals surface area (Å²) in [5.74, 6) is -0.897. The van der Waals surface area contributed by atoms with Crippen molar-refractivity contribution in [2.24, 2.45) is 0 Å². The lowest BCUT2D eigenvalue weighted by Gasteiger charge is -2.14. The molecule has 116 valence electrons. The summed E-state index contributed by atoms with van der Waals surface area (Å²) in [4.78, 5) is 24.6. The first-order chi connectivity index (χ1) is 11.0. The number of nitrogens with zero attached hydrogens (tertiary/aromatic N) is 1. The molecule has 1 aliphatic rings. The molecule has 1 saturated heterocycles. The molecule has 0 spiro atoms. The SMILES string of the molecule is Cc1ccc(N2NC(=O)/C(=C/c3ccc(Cl)cc3Cl)C2=O)cc1. The molecular formula is C17H12Cl2N2O2. The highest BCUT2D eigenvalue weighted by molar-refractivity contribution is 6.36. The number of carbonyl (C=O) groups is 2. The molecule has 0 bridgehead atoms. The third-order valence-electron chi connectivity index (χ3n) is 3.45. The second kappa shape index (κ2) is 6.07. The fraction of sp³-hybridized carbons (Fsp3) is 0.0588. The first-order valence-electron chi connectivity index (χ1n) is 6.84. The molecule has 1 fully saturated rings. The van der Waals surface area contributed by atoms with Gasteiger partial charge in [0.1, 0.15) is 5.57 Å². The molecule has 1 aliphatic heterocycles. The van der Waals surface area contributed by atoms with Crippen molar-refractivity contribution in [1.29, 1.82) is 0 Å². The van der Waals surface area contributed by atoms with Crippen molar-refractivity contribution in [2.45, 2.75) is 6.92 Å². The van der Waals surface area contributed by atoms with E-state index in [1.54, 1.807) is 30.3 Å². The maximum Gasteiger partial charge on any atom is 0.282 e. The summed E-state index contributed by atoms with van der Waals surface area (Å²) in [6.45, 7) is 1.95. The van der Waals surface area contributed by atoms with E-state index in [1.165, 1.54) is 11.1 Å². The second-order valence-electron chi connectivity index (χ2n) is 5.14. The van der Waals surface area contributed by atoms with Crippen LogP contribution in [0.25, 0.3) is 6.08 Å². The van der Waals surface area contributed by atoms with Crippen LogP contribution in [0.15, 0.2) is 48.0 Å². The van der Waals surface area contributed by atoms with Gasteiger partial charge in [0.2, 0.25) is 0 Å². The topological polar surface area (TPSA) is 49.4 Å². The van der Waals surface area contributed by atoms with Gasteiger partial charge < -0.3 is 0 Å². The van der Waals surface area contributed by atoms with Crippen LogP contribution in [0, 0.1) is 6.92 Å². The number of halogens is 2. The average Bonchev–Trinajstić information content (AvgIpc) is 2.78. The average molecular weight is 347 g/mol. The van der Waals surface area contributed by atoms with Crippen LogP contribution < -0.4 is 10.4 Å². The minimum absolute atomic E-state index is 0.0230. The summed E-state index contributed by atoms with van der Waals surface area (Å²) in [5, 5.41) is 2.08. The van der Waals surface area contributed by atoms with Crippen LogP contribution in [0.4, 0.5) is 5.69 Å². The Morgan fingerprint density at radius 1 is 1.04 bits per heavy atom. The molecule has 3 rings (SSSR count). The number of benzene rings is 2. The third kappa shape index (κ3) is 3.09. The lowest BCUT2D eigenvalue weighted by molar-refractivity contribution is -0.117. The van der Waals surface area contributed by atoms with E-state index in [9.17, 15) is 9.59 Å². The van der Waals surface area contributed by atoms with E-state index in [2.05, 4.69) is 5.43 Å². The molecule has 0 aliphatic carbocycles. The third-order valence-corrected chi connectivity index (χ3v) is 4.01. The zero-order valence-corrected chi connectivity index (χ0v) is 13.7. The standard InChI is InChI=1S/C17H12Cl2N2O2/c1-10-2-6-13(7-3-10)21-17(23)14(16(22)20-21)8-11-4-5-12(18)9-15(11)19/h2-9H,1H3,(H,20,22)/b14-8-. The minimum atomic E-state index is -0.471. The maximum absolute atomic E-state index is 12.5. The fourth-order valence-electron chi connectivity index (χ4n) is 2.21. The number of anilines is 1. The maximum atomic E-state index is 12.5. The van der Waals surface area contributed by atoms with Crippen molar-refractivity contribution in [2.75, 3.05) is 5.01 Å². The predicted octanol–water partition coefficient (Wildman–Crippen LogP) is 3.76. The molecule has 4 nitrogen and oxygen atoms in total. The van der Waals surface area contributed by atoms with E-state index in [0.29, 0.717) is 21.3 Å². The highest BCUT2D eigenvalue weighted by Gasteiger charge is 2.34. The Labute approximate surface area is 143 Å². The van der Waals surface area contributed by atoms with Crippen molar-refractivity contribution in [3.63, 3.8) is 0 Å². The van der Waals surface area contributed by atoms with Gasteiger partial charge in [-0.15, -0.1) is 0 Å². The van der Waals surface area contributed by atoms with Gasteiger partial charge in [0, 0.05) is 10.0 Å². The zero-order valence-electron chi connectivity index (χ0n) is 12.1. The molecule has 1 N–H and O–H groups in total. The molecule has 0 radical (unpaired) electrons. The van der Waals surface area contributed by atoms with Crippen LogP contribution in [-0.2, 0) is 9.59 Å². The molecule has 2 aromatic carbocycles. The largest absolute Gasteiger partial charge is 0.282 e. The van der Waals surface area contributed by atoms with Crippen LogP contribution in [-0.4, -0.2) is 11.8 Å². The van der Waals surface area contributed by atoms with Gasteiger partial charge in [-0.25, -0.2) is 5.01 Å². The fourth-order valence-corrected chi connectivity index (χ4v) is 2.67. The molecule has 1 heterocycles. The molecule has 23 heavy (non-hydrogen) atoms. The summed E-state index contributed by atoms with van der Waals surface area (Å²) >= 11 is 11.9. The second-order valence-corrected chi connectivity index (χ2v) is 5.98. The van der Waals surface area contributed by atoms with E-state index in [4.69, 9.17) is 23.2 Å². The van der Waals surface area contributed by atoms with Gasteiger partial charge in [-0.2, -0.15) is 0 Å². The van der Waals surface area contributed by atoms with Gasteiger partial charge in [0.05, 0.1) is 5.69 Å². The zero-order chi connectivity index (χ0) is 16.6. The molecule has 0 aromatic heterocycles. The van der Waals surface area contributed by atoms with Gasteiger partial charge in [0.15, 0.2) is 0 Å². The Kier molecular flexibility index (Phi) is 4.11. The first kappa shape index (κ1) is 15.6. The Balaban J connectivity index is 1.95. The van der Waals surface area contributed by atoms with Crippen LogP contribution in [0.5, 0.6) is 0 Å². The Morgan fingerprint density at radius 3 is 2.39 bits per heavy atom. The number of rotatable bonds is 2. The number of amides is 2. The summed E-state index contributed by atoms with van der Waals surface area (Å²) in [7, 11) is 0. The van der Waals surface area contributed by atoms with Gasteiger partial charge in [-0.05, 0) is 42.8 Å². The van der Waals surface area contributed by atoms with Gasteiger partial charge in [-0.1, -0.05) is 47.0 Å². The summed E-state index contributed by atoms with van der Waals surface area (Å²) < 4.78 is 0. The van der Waals surface area contributed by atoms with Gasteiger partial charge >= 0.3 is 0 Å².